The number of ether oxygens (including phenoxy) is 1. The van der Waals surface area contributed by atoms with Gasteiger partial charge in [-0.3, -0.25) is 0 Å². The Morgan fingerprint density at radius 1 is 1.21 bits per heavy atom. The van der Waals surface area contributed by atoms with Gasteiger partial charge in [0.2, 0.25) is 0 Å². The molecule has 0 aliphatic heterocycles. The number of rotatable bonds is 4. The molecule has 98 valence electrons. The lowest BCUT2D eigenvalue weighted by atomic mass is 10.3. The molecule has 0 bridgehead atoms. The molecule has 1 heterocycles. The normalized spacial score (nSPS) is 14.2. The zero-order valence-electron chi connectivity index (χ0n) is 10.6. The molecule has 1 saturated carbocycles. The first-order valence-corrected chi connectivity index (χ1v) is 6.99. The number of methoxy groups -OCH3 is 1. The predicted octanol–water partition coefficient (Wildman–Crippen LogP) is 3.87. The van der Waals surface area contributed by atoms with Crippen LogP contribution in [0.3, 0.4) is 0 Å². The summed E-state index contributed by atoms with van der Waals surface area (Å²) in [7, 11) is 1.66. The van der Waals surface area contributed by atoms with Crippen LogP contribution in [0.15, 0.2) is 34.9 Å². The molecule has 0 spiro atoms. The van der Waals surface area contributed by atoms with Crippen molar-refractivity contribution < 1.29 is 4.74 Å². The van der Waals surface area contributed by atoms with Gasteiger partial charge in [-0.15, -0.1) is 0 Å². The molecular weight excluding hydrogens is 306 g/mol. The maximum Gasteiger partial charge on any atom is 0.135 e. The Morgan fingerprint density at radius 2 is 1.95 bits per heavy atom. The third-order valence-electron chi connectivity index (χ3n) is 3.02. The predicted molar refractivity (Wildman–Crippen MR) is 78.0 cm³/mol. The molecule has 0 atom stereocenters. The van der Waals surface area contributed by atoms with E-state index in [2.05, 4.69) is 31.2 Å². The third-order valence-corrected chi connectivity index (χ3v) is 3.42. The summed E-state index contributed by atoms with van der Waals surface area (Å²) < 4.78 is 5.96. The molecule has 1 aromatic heterocycles. The first-order chi connectivity index (χ1) is 9.24. The highest BCUT2D eigenvalue weighted by atomic mass is 79.9. The first kappa shape index (κ1) is 12.4. The van der Waals surface area contributed by atoms with Crippen LogP contribution in [0.4, 0.5) is 11.5 Å². The van der Waals surface area contributed by atoms with Gasteiger partial charge in [-0.05, 0) is 53.0 Å². The summed E-state index contributed by atoms with van der Waals surface area (Å²) in [4.78, 5) is 8.96. The second kappa shape index (κ2) is 5.17. The van der Waals surface area contributed by atoms with Crippen LogP contribution in [0.1, 0.15) is 24.6 Å². The van der Waals surface area contributed by atoms with Gasteiger partial charge in [-0.1, -0.05) is 0 Å². The summed E-state index contributed by atoms with van der Waals surface area (Å²) in [6.07, 6.45) is 2.39. The highest BCUT2D eigenvalue weighted by molar-refractivity contribution is 9.10. The lowest BCUT2D eigenvalue weighted by molar-refractivity contribution is 0.415. The molecule has 1 fully saturated rings. The molecule has 1 N–H and O–H groups in total. The van der Waals surface area contributed by atoms with Gasteiger partial charge in [0.15, 0.2) is 0 Å². The van der Waals surface area contributed by atoms with E-state index < -0.39 is 0 Å². The minimum Gasteiger partial charge on any atom is -0.497 e. The second-order valence-corrected chi connectivity index (χ2v) is 5.37. The lowest BCUT2D eigenvalue weighted by Crippen LogP contribution is -1.99. The van der Waals surface area contributed by atoms with Crippen molar-refractivity contribution in [2.24, 2.45) is 0 Å². The Hall–Kier alpha value is -1.62. The molecule has 1 aliphatic carbocycles. The largest absolute Gasteiger partial charge is 0.497 e. The van der Waals surface area contributed by atoms with Crippen molar-refractivity contribution >= 4 is 27.4 Å². The molecule has 3 rings (SSSR count). The van der Waals surface area contributed by atoms with Crippen molar-refractivity contribution in [3.05, 3.63) is 40.8 Å². The fourth-order valence-electron chi connectivity index (χ4n) is 1.85. The van der Waals surface area contributed by atoms with Crippen molar-refractivity contribution in [1.82, 2.24) is 9.97 Å². The fraction of sp³-hybridized carbons (Fsp3) is 0.286. The van der Waals surface area contributed by atoms with Crippen LogP contribution < -0.4 is 10.1 Å². The molecule has 0 radical (unpaired) electrons. The second-order valence-electron chi connectivity index (χ2n) is 4.56. The highest BCUT2D eigenvalue weighted by Gasteiger charge is 2.27. The van der Waals surface area contributed by atoms with Crippen molar-refractivity contribution in [2.45, 2.75) is 18.8 Å². The van der Waals surface area contributed by atoms with Crippen LogP contribution in [0.2, 0.25) is 0 Å². The number of hydrogen-bond acceptors (Lipinski definition) is 4. The van der Waals surface area contributed by atoms with Gasteiger partial charge in [0.1, 0.15) is 22.0 Å². The molecule has 1 aromatic carbocycles. The molecular formula is C14H14BrN3O. The van der Waals surface area contributed by atoms with Gasteiger partial charge in [-0.25, -0.2) is 9.97 Å². The standard InChI is InChI=1S/C14H14BrN3O/c1-19-11-6-4-10(5-7-11)16-13-8-12(15)17-14(18-13)9-2-3-9/h4-9H,2-3H2,1H3,(H,16,17,18). The van der Waals surface area contributed by atoms with Crippen molar-refractivity contribution in [3.63, 3.8) is 0 Å². The van der Waals surface area contributed by atoms with Gasteiger partial charge >= 0.3 is 0 Å². The Bertz CT molecular complexity index is 582. The zero-order valence-corrected chi connectivity index (χ0v) is 12.1. The van der Waals surface area contributed by atoms with Gasteiger partial charge < -0.3 is 10.1 Å². The lowest BCUT2D eigenvalue weighted by Gasteiger charge is -2.08. The van der Waals surface area contributed by atoms with E-state index in [0.717, 1.165) is 27.7 Å². The summed E-state index contributed by atoms with van der Waals surface area (Å²) in [5, 5.41) is 3.28. The number of benzene rings is 1. The van der Waals surface area contributed by atoms with Crippen molar-refractivity contribution in [3.8, 4) is 5.75 Å². The monoisotopic (exact) mass is 319 g/mol. The smallest absolute Gasteiger partial charge is 0.135 e. The van der Waals surface area contributed by atoms with E-state index in [1.54, 1.807) is 7.11 Å². The number of halogens is 1. The van der Waals surface area contributed by atoms with Gasteiger partial charge in [0.25, 0.3) is 0 Å². The average Bonchev–Trinajstić information content (AvgIpc) is 3.23. The quantitative estimate of drug-likeness (QED) is 0.869. The summed E-state index contributed by atoms with van der Waals surface area (Å²) >= 11 is 3.43. The Kier molecular flexibility index (Phi) is 3.38. The third kappa shape index (κ3) is 3.04. The summed E-state index contributed by atoms with van der Waals surface area (Å²) in [6, 6.07) is 9.65. The SMILES string of the molecule is COc1ccc(Nc2cc(Br)nc(C3CC3)n2)cc1. The number of anilines is 2. The topological polar surface area (TPSA) is 47.0 Å². The van der Waals surface area contributed by atoms with E-state index in [4.69, 9.17) is 4.74 Å². The maximum atomic E-state index is 5.14. The highest BCUT2D eigenvalue weighted by Crippen LogP contribution is 2.39. The molecule has 0 amide bonds. The van der Waals surface area contributed by atoms with E-state index in [0.29, 0.717) is 5.92 Å². The van der Waals surface area contributed by atoms with E-state index in [9.17, 15) is 0 Å². The number of hydrogen-bond donors (Lipinski definition) is 1. The zero-order chi connectivity index (χ0) is 13.2. The van der Waals surface area contributed by atoms with Crippen LogP contribution in [-0.2, 0) is 0 Å². The Morgan fingerprint density at radius 3 is 2.58 bits per heavy atom. The van der Waals surface area contributed by atoms with Gasteiger partial charge in [0.05, 0.1) is 7.11 Å². The van der Waals surface area contributed by atoms with Crippen molar-refractivity contribution in [2.75, 3.05) is 12.4 Å². The Labute approximate surface area is 120 Å². The molecule has 2 aromatic rings. The molecule has 5 heteroatoms. The van der Waals surface area contributed by atoms with E-state index in [1.165, 1.54) is 12.8 Å². The number of nitrogens with zero attached hydrogens (tertiary/aromatic N) is 2. The van der Waals surface area contributed by atoms with E-state index in [-0.39, 0.29) is 0 Å². The number of nitrogens with one attached hydrogen (secondary N) is 1. The summed E-state index contributed by atoms with van der Waals surface area (Å²) in [5.74, 6) is 3.11. The average molecular weight is 320 g/mol. The van der Waals surface area contributed by atoms with Crippen LogP contribution in [0.5, 0.6) is 5.75 Å². The molecule has 0 unspecified atom stereocenters. The molecule has 19 heavy (non-hydrogen) atoms. The van der Waals surface area contributed by atoms with Crippen LogP contribution >= 0.6 is 15.9 Å². The minimum atomic E-state index is 0.536. The number of aromatic nitrogens is 2. The van der Waals surface area contributed by atoms with Crippen molar-refractivity contribution in [1.29, 1.82) is 0 Å². The minimum absolute atomic E-state index is 0.536. The molecule has 4 nitrogen and oxygen atoms in total. The Balaban J connectivity index is 1.81. The van der Waals surface area contributed by atoms with E-state index >= 15 is 0 Å². The summed E-state index contributed by atoms with van der Waals surface area (Å²) in [5.41, 5.74) is 0.980. The van der Waals surface area contributed by atoms with Crippen LogP contribution in [0.25, 0.3) is 0 Å². The first-order valence-electron chi connectivity index (χ1n) is 6.20. The maximum absolute atomic E-state index is 5.14. The van der Waals surface area contributed by atoms with E-state index in [1.807, 2.05) is 30.3 Å². The van der Waals surface area contributed by atoms with Gasteiger partial charge in [-0.2, -0.15) is 0 Å². The molecule has 1 aliphatic rings. The fourth-order valence-corrected chi connectivity index (χ4v) is 2.24. The van der Waals surface area contributed by atoms with Gasteiger partial charge in [0, 0.05) is 17.7 Å². The summed E-state index contributed by atoms with van der Waals surface area (Å²) in [6.45, 7) is 0. The van der Waals surface area contributed by atoms with Crippen LogP contribution in [0, 0.1) is 0 Å². The molecule has 0 saturated heterocycles. The van der Waals surface area contributed by atoms with Crippen LogP contribution in [-0.4, -0.2) is 17.1 Å².